The number of allylic oxidation sites excluding steroid dienone is 1. The van der Waals surface area contributed by atoms with Crippen LogP contribution >= 0.6 is 0 Å². The summed E-state index contributed by atoms with van der Waals surface area (Å²) >= 11 is 0. The normalized spacial score (nSPS) is 10.9. The predicted molar refractivity (Wildman–Crippen MR) is 86.0 cm³/mol. The van der Waals surface area contributed by atoms with Crippen LogP contribution in [0.4, 0.5) is 0 Å². The summed E-state index contributed by atoms with van der Waals surface area (Å²) in [6.07, 6.45) is 3.34. The van der Waals surface area contributed by atoms with Crippen LogP contribution in [0.25, 0.3) is 17.0 Å². The van der Waals surface area contributed by atoms with Crippen molar-refractivity contribution in [2.24, 2.45) is 0 Å². The fourth-order valence-corrected chi connectivity index (χ4v) is 1.95. The molecule has 0 aliphatic rings. The molecule has 22 heavy (non-hydrogen) atoms. The van der Waals surface area contributed by atoms with Crippen LogP contribution in [0.1, 0.15) is 25.0 Å². The first kappa shape index (κ1) is 15.6. The van der Waals surface area contributed by atoms with Gasteiger partial charge in [-0.2, -0.15) is 0 Å². The Bertz CT molecular complexity index is 754. The first-order valence-corrected chi connectivity index (χ1v) is 7.01. The van der Waals surface area contributed by atoms with E-state index >= 15 is 0 Å². The van der Waals surface area contributed by atoms with Crippen molar-refractivity contribution in [3.63, 3.8) is 0 Å². The van der Waals surface area contributed by atoms with Crippen molar-refractivity contribution >= 4 is 22.9 Å². The first-order valence-electron chi connectivity index (χ1n) is 7.01. The molecule has 1 heterocycles. The predicted octanol–water partition coefficient (Wildman–Crippen LogP) is 3.48. The number of aromatic nitrogens is 1. The Morgan fingerprint density at radius 3 is 2.95 bits per heavy atom. The number of carbonyl (C=O) groups excluding carboxylic acids is 1. The maximum atomic E-state index is 10.8. The van der Waals surface area contributed by atoms with E-state index in [0.29, 0.717) is 19.3 Å². The largest absolute Gasteiger partial charge is 0.512 e. The minimum Gasteiger partial charge on any atom is -0.512 e. The molecule has 112 valence electrons. The van der Waals surface area contributed by atoms with Crippen molar-refractivity contribution in [2.75, 3.05) is 7.11 Å². The van der Waals surface area contributed by atoms with Crippen molar-refractivity contribution in [3.8, 4) is 11.8 Å². The van der Waals surface area contributed by atoms with E-state index in [-0.39, 0.29) is 5.76 Å². The summed E-state index contributed by atoms with van der Waals surface area (Å²) in [7, 11) is 1.29. The van der Waals surface area contributed by atoms with Gasteiger partial charge in [0, 0.05) is 30.2 Å². The smallest absolute Gasteiger partial charge is 0.384 e. The number of nitrogens with zero attached hydrogens (tertiary/aromatic N) is 1. The third-order valence-corrected chi connectivity index (χ3v) is 3.04. The molecule has 1 aromatic heterocycles. The van der Waals surface area contributed by atoms with Crippen molar-refractivity contribution in [1.82, 2.24) is 4.98 Å². The first-order chi connectivity index (χ1) is 10.7. The Labute approximate surface area is 129 Å². The van der Waals surface area contributed by atoms with Gasteiger partial charge in [0.1, 0.15) is 0 Å². The number of unbranched alkanes of at least 4 members (excludes halogenated alkanes) is 1. The van der Waals surface area contributed by atoms with Gasteiger partial charge in [0.2, 0.25) is 0 Å². The number of fused-ring (bicyclic) bond motifs is 1. The number of rotatable bonds is 4. The monoisotopic (exact) mass is 295 g/mol. The van der Waals surface area contributed by atoms with Crippen molar-refractivity contribution in [3.05, 3.63) is 47.9 Å². The van der Waals surface area contributed by atoms with Crippen molar-refractivity contribution in [2.45, 2.75) is 19.3 Å². The molecule has 0 saturated heterocycles. The van der Waals surface area contributed by atoms with E-state index in [1.165, 1.54) is 7.11 Å². The SMILES string of the molecule is COC(=O)C#CCCC/C(O)=C/c1ccc2ccccc2n1. The molecule has 4 heteroatoms. The van der Waals surface area contributed by atoms with Gasteiger partial charge >= 0.3 is 5.97 Å². The summed E-state index contributed by atoms with van der Waals surface area (Å²) in [5.74, 6) is 4.76. The summed E-state index contributed by atoms with van der Waals surface area (Å²) < 4.78 is 4.41. The zero-order chi connectivity index (χ0) is 15.8. The molecule has 1 N–H and O–H groups in total. The second-order valence-corrected chi connectivity index (χ2v) is 4.71. The molecule has 0 saturated carbocycles. The van der Waals surface area contributed by atoms with Crippen LogP contribution in [0.15, 0.2) is 42.2 Å². The van der Waals surface area contributed by atoms with E-state index < -0.39 is 5.97 Å². The van der Waals surface area contributed by atoms with E-state index in [0.717, 1.165) is 16.6 Å². The van der Waals surface area contributed by atoms with Gasteiger partial charge in [-0.15, -0.1) is 0 Å². The summed E-state index contributed by atoms with van der Waals surface area (Å²) in [5.41, 5.74) is 1.62. The van der Waals surface area contributed by atoms with Gasteiger partial charge in [0.05, 0.1) is 24.1 Å². The zero-order valence-corrected chi connectivity index (χ0v) is 12.4. The molecular formula is C18H17NO3. The number of ether oxygens (including phenoxy) is 1. The average Bonchev–Trinajstić information content (AvgIpc) is 2.54. The maximum absolute atomic E-state index is 10.8. The summed E-state index contributed by atoms with van der Waals surface area (Å²) in [5, 5.41) is 11.0. The number of benzene rings is 1. The van der Waals surface area contributed by atoms with Crippen LogP contribution in [-0.4, -0.2) is 23.2 Å². The third-order valence-electron chi connectivity index (χ3n) is 3.04. The Morgan fingerprint density at radius 2 is 2.14 bits per heavy atom. The van der Waals surface area contributed by atoms with Gasteiger partial charge in [-0.1, -0.05) is 30.2 Å². The molecule has 4 nitrogen and oxygen atoms in total. The Balaban J connectivity index is 1.92. The Hall–Kier alpha value is -2.80. The molecule has 1 aromatic carbocycles. The highest BCUT2D eigenvalue weighted by Crippen LogP contribution is 2.14. The Kier molecular flexibility index (Phi) is 5.56. The molecule has 0 bridgehead atoms. The number of esters is 1. The van der Waals surface area contributed by atoms with Gasteiger partial charge in [-0.3, -0.25) is 0 Å². The molecule has 0 atom stereocenters. The quantitative estimate of drug-likeness (QED) is 0.308. The number of methoxy groups -OCH3 is 1. The van der Waals surface area contributed by atoms with Gasteiger partial charge in [-0.05, 0) is 18.6 Å². The summed E-state index contributed by atoms with van der Waals surface area (Å²) in [4.78, 5) is 15.3. The molecule has 0 spiro atoms. The topological polar surface area (TPSA) is 59.4 Å². The highest BCUT2D eigenvalue weighted by atomic mass is 16.5. The highest BCUT2D eigenvalue weighted by molar-refractivity contribution is 5.88. The minimum atomic E-state index is -0.542. The molecule has 0 aliphatic carbocycles. The third kappa shape index (κ3) is 4.64. The fraction of sp³-hybridized carbons (Fsp3) is 0.222. The van der Waals surface area contributed by atoms with Crippen LogP contribution in [-0.2, 0) is 9.53 Å². The second-order valence-electron chi connectivity index (χ2n) is 4.71. The van der Waals surface area contributed by atoms with Crippen LogP contribution in [0.5, 0.6) is 0 Å². The molecule has 0 radical (unpaired) electrons. The second kappa shape index (κ2) is 7.84. The van der Waals surface area contributed by atoms with Crippen LogP contribution in [0, 0.1) is 11.8 Å². The van der Waals surface area contributed by atoms with Crippen LogP contribution in [0.3, 0.4) is 0 Å². The molecule has 0 unspecified atom stereocenters. The van der Waals surface area contributed by atoms with Crippen LogP contribution in [0.2, 0.25) is 0 Å². The maximum Gasteiger partial charge on any atom is 0.384 e. The van der Waals surface area contributed by atoms with Gasteiger partial charge in [0.25, 0.3) is 0 Å². The molecule has 0 amide bonds. The van der Waals surface area contributed by atoms with E-state index in [9.17, 15) is 9.90 Å². The fourth-order valence-electron chi connectivity index (χ4n) is 1.95. The lowest BCUT2D eigenvalue weighted by molar-refractivity contribution is -0.133. The van der Waals surface area contributed by atoms with Gasteiger partial charge in [0.15, 0.2) is 0 Å². The average molecular weight is 295 g/mol. The number of aliphatic hydroxyl groups excluding tert-OH is 1. The minimum absolute atomic E-state index is 0.252. The van der Waals surface area contributed by atoms with Crippen LogP contribution < -0.4 is 0 Å². The standard InChI is InChI=1S/C18H17NO3/c1-22-18(21)10-4-2-3-8-16(20)13-15-12-11-14-7-5-6-9-17(14)19-15/h5-7,9,11-13,20H,2-3,8H2,1H3/b16-13-. The molecule has 0 aliphatic heterocycles. The number of pyridine rings is 1. The molecule has 2 aromatic rings. The number of carbonyl (C=O) groups is 1. The lowest BCUT2D eigenvalue weighted by Gasteiger charge is -2.01. The lowest BCUT2D eigenvalue weighted by Crippen LogP contribution is -1.94. The number of para-hydroxylation sites is 1. The highest BCUT2D eigenvalue weighted by Gasteiger charge is 1.98. The molecular weight excluding hydrogens is 278 g/mol. The number of hydrogen-bond acceptors (Lipinski definition) is 4. The number of hydrogen-bond donors (Lipinski definition) is 1. The van der Waals surface area contributed by atoms with Crippen molar-refractivity contribution in [1.29, 1.82) is 0 Å². The molecule has 2 rings (SSSR count). The zero-order valence-electron chi connectivity index (χ0n) is 12.4. The van der Waals surface area contributed by atoms with E-state index in [1.807, 2.05) is 36.4 Å². The van der Waals surface area contributed by atoms with E-state index in [2.05, 4.69) is 21.6 Å². The summed E-state index contributed by atoms with van der Waals surface area (Å²) in [6, 6.07) is 11.7. The lowest BCUT2D eigenvalue weighted by atomic mass is 10.1. The Morgan fingerprint density at radius 1 is 1.32 bits per heavy atom. The van der Waals surface area contributed by atoms with E-state index in [1.54, 1.807) is 6.08 Å². The van der Waals surface area contributed by atoms with E-state index in [4.69, 9.17) is 0 Å². The van der Waals surface area contributed by atoms with Gasteiger partial charge in [-0.25, -0.2) is 9.78 Å². The summed E-state index contributed by atoms with van der Waals surface area (Å²) in [6.45, 7) is 0. The molecule has 0 fully saturated rings. The number of aliphatic hydroxyl groups is 1. The van der Waals surface area contributed by atoms with Gasteiger partial charge < -0.3 is 9.84 Å². The van der Waals surface area contributed by atoms with Crippen molar-refractivity contribution < 1.29 is 14.6 Å².